The quantitative estimate of drug-likeness (QED) is 0.555. The van der Waals surface area contributed by atoms with E-state index in [0.29, 0.717) is 24.3 Å². The molecule has 0 bridgehead atoms. The Balaban J connectivity index is 1.42. The number of anilines is 3. The van der Waals surface area contributed by atoms with E-state index in [2.05, 4.69) is 15.0 Å². The molecule has 4 rings (SSSR count). The molecule has 1 aromatic heterocycles. The second-order valence-electron chi connectivity index (χ2n) is 6.96. The Morgan fingerprint density at radius 2 is 1.91 bits per heavy atom. The number of thiazole rings is 1. The number of hydrogen-bond donors (Lipinski definition) is 2. The Labute approximate surface area is 186 Å². The van der Waals surface area contributed by atoms with Gasteiger partial charge in [-0.1, -0.05) is 0 Å². The monoisotopic (exact) mass is 482 g/mol. The van der Waals surface area contributed by atoms with Gasteiger partial charge in [-0.2, -0.15) is 13.2 Å². The van der Waals surface area contributed by atoms with Crippen molar-refractivity contribution in [1.29, 1.82) is 0 Å². The van der Waals surface area contributed by atoms with Gasteiger partial charge >= 0.3 is 6.18 Å². The summed E-state index contributed by atoms with van der Waals surface area (Å²) in [6.45, 7) is 0.267. The molecule has 0 fully saturated rings. The number of carbonyl (C=O) groups is 1. The summed E-state index contributed by atoms with van der Waals surface area (Å²) < 4.78 is 65.5. The molecule has 1 amide bonds. The van der Waals surface area contributed by atoms with Gasteiger partial charge in [0.25, 0.3) is 10.0 Å². The predicted octanol–water partition coefficient (Wildman–Crippen LogP) is 3.96. The van der Waals surface area contributed by atoms with Gasteiger partial charge in [0.05, 0.1) is 17.0 Å². The molecule has 0 spiro atoms. The topological polar surface area (TPSA) is 91.4 Å². The molecule has 0 saturated heterocycles. The van der Waals surface area contributed by atoms with Crippen LogP contribution in [-0.2, 0) is 27.4 Å². The zero-order valence-electron chi connectivity index (χ0n) is 16.4. The fourth-order valence-corrected chi connectivity index (χ4v) is 5.14. The van der Waals surface area contributed by atoms with Crippen LogP contribution in [0.1, 0.15) is 11.1 Å². The van der Waals surface area contributed by atoms with Crippen molar-refractivity contribution in [1.82, 2.24) is 4.98 Å². The number of sulfonamides is 1. The number of rotatable bonds is 6. The molecule has 7 nitrogen and oxygen atoms in total. The average molecular weight is 483 g/mol. The van der Waals surface area contributed by atoms with Gasteiger partial charge in [0.1, 0.15) is 0 Å². The van der Waals surface area contributed by atoms with Crippen molar-refractivity contribution in [3.05, 3.63) is 65.2 Å². The molecule has 168 valence electrons. The van der Waals surface area contributed by atoms with Crippen LogP contribution in [0.4, 0.5) is 29.7 Å². The second kappa shape index (κ2) is 8.43. The Kier molecular flexibility index (Phi) is 5.82. The van der Waals surface area contributed by atoms with Crippen molar-refractivity contribution in [3.8, 4) is 0 Å². The van der Waals surface area contributed by atoms with E-state index in [1.54, 1.807) is 11.4 Å². The lowest BCUT2D eigenvalue weighted by Crippen LogP contribution is -2.34. The minimum atomic E-state index is -4.42. The van der Waals surface area contributed by atoms with Gasteiger partial charge < -0.3 is 10.2 Å². The number of aromatic nitrogens is 1. The first-order valence-electron chi connectivity index (χ1n) is 9.40. The van der Waals surface area contributed by atoms with Crippen LogP contribution in [-0.4, -0.2) is 32.4 Å². The highest BCUT2D eigenvalue weighted by molar-refractivity contribution is 7.93. The molecule has 1 aliphatic rings. The Morgan fingerprint density at radius 1 is 1.16 bits per heavy atom. The summed E-state index contributed by atoms with van der Waals surface area (Å²) >= 11 is 1.16. The second-order valence-corrected chi connectivity index (χ2v) is 9.53. The number of amides is 1. The van der Waals surface area contributed by atoms with Gasteiger partial charge in [0.15, 0.2) is 5.13 Å². The highest BCUT2D eigenvalue weighted by Gasteiger charge is 2.30. The zero-order chi connectivity index (χ0) is 22.9. The molecule has 0 atom stereocenters. The van der Waals surface area contributed by atoms with E-state index in [4.69, 9.17) is 0 Å². The van der Waals surface area contributed by atoms with Crippen LogP contribution >= 0.6 is 11.3 Å². The minimum Gasteiger partial charge on any atom is -0.376 e. The first kappa shape index (κ1) is 22.1. The zero-order valence-corrected chi connectivity index (χ0v) is 18.0. The van der Waals surface area contributed by atoms with Crippen LogP contribution < -0.4 is 14.9 Å². The van der Waals surface area contributed by atoms with Gasteiger partial charge in [0.2, 0.25) is 5.91 Å². The summed E-state index contributed by atoms with van der Waals surface area (Å²) in [5.41, 5.74) is 0.950. The van der Waals surface area contributed by atoms with E-state index >= 15 is 0 Å². The van der Waals surface area contributed by atoms with Crippen molar-refractivity contribution in [2.24, 2.45) is 0 Å². The summed E-state index contributed by atoms with van der Waals surface area (Å²) in [4.78, 5) is 18.2. The number of benzene rings is 2. The molecule has 1 aliphatic heterocycles. The number of alkyl halides is 3. The first-order valence-corrected chi connectivity index (χ1v) is 11.8. The lowest BCUT2D eigenvalue weighted by Gasteiger charge is -2.18. The van der Waals surface area contributed by atoms with E-state index in [9.17, 15) is 26.4 Å². The van der Waals surface area contributed by atoms with Gasteiger partial charge in [-0.15, -0.1) is 11.3 Å². The molecule has 0 radical (unpaired) electrons. The summed E-state index contributed by atoms with van der Waals surface area (Å²) in [7, 11) is -3.80. The lowest BCUT2D eigenvalue weighted by atomic mass is 10.2. The van der Waals surface area contributed by atoms with E-state index in [-0.39, 0.29) is 22.5 Å². The highest BCUT2D eigenvalue weighted by atomic mass is 32.2. The van der Waals surface area contributed by atoms with Crippen molar-refractivity contribution in [2.45, 2.75) is 17.5 Å². The largest absolute Gasteiger partial charge is 0.416 e. The van der Waals surface area contributed by atoms with Gasteiger partial charge in [-0.05, 0) is 54.4 Å². The van der Waals surface area contributed by atoms with Crippen molar-refractivity contribution in [3.63, 3.8) is 0 Å². The van der Waals surface area contributed by atoms with E-state index < -0.39 is 21.8 Å². The molecule has 2 heterocycles. The maximum Gasteiger partial charge on any atom is 0.416 e. The van der Waals surface area contributed by atoms with Crippen LogP contribution in [0.2, 0.25) is 0 Å². The number of hydrogen-bond acceptors (Lipinski definition) is 6. The van der Waals surface area contributed by atoms with E-state index in [0.717, 1.165) is 29.0 Å². The fourth-order valence-electron chi connectivity index (χ4n) is 3.30. The number of carbonyl (C=O) groups excluding carboxylic acids is 1. The SMILES string of the molecule is O=C(CNc1ccc(C(F)(F)F)cc1)N1CCc2cc(S(=O)(=O)Nc3nccs3)ccc21. The summed E-state index contributed by atoms with van der Waals surface area (Å²) in [6.07, 6.45) is -2.44. The third-order valence-electron chi connectivity index (χ3n) is 4.87. The van der Waals surface area contributed by atoms with E-state index in [1.165, 1.54) is 35.4 Å². The van der Waals surface area contributed by atoms with Crippen molar-refractivity contribution >= 4 is 43.8 Å². The van der Waals surface area contributed by atoms with Crippen LogP contribution in [0.3, 0.4) is 0 Å². The number of nitrogens with one attached hydrogen (secondary N) is 2. The molecule has 0 saturated carbocycles. The normalized spacial score (nSPS) is 13.7. The Morgan fingerprint density at radius 3 is 2.56 bits per heavy atom. The third-order valence-corrected chi connectivity index (χ3v) is 7.02. The van der Waals surface area contributed by atoms with Crippen molar-refractivity contribution < 1.29 is 26.4 Å². The predicted molar refractivity (Wildman–Crippen MR) is 115 cm³/mol. The summed E-state index contributed by atoms with van der Waals surface area (Å²) in [5, 5.41) is 4.74. The van der Waals surface area contributed by atoms with Crippen LogP contribution in [0.25, 0.3) is 0 Å². The Bertz CT molecular complexity index is 1230. The highest BCUT2D eigenvalue weighted by Crippen LogP contribution is 2.32. The minimum absolute atomic E-state index is 0.0728. The van der Waals surface area contributed by atoms with Gasteiger partial charge in [-0.3, -0.25) is 9.52 Å². The average Bonchev–Trinajstić information content (AvgIpc) is 3.40. The maximum absolute atomic E-state index is 12.6. The molecular weight excluding hydrogens is 465 g/mol. The lowest BCUT2D eigenvalue weighted by molar-refractivity contribution is -0.137. The van der Waals surface area contributed by atoms with Crippen LogP contribution in [0.5, 0.6) is 0 Å². The van der Waals surface area contributed by atoms with Crippen LogP contribution in [0.15, 0.2) is 58.9 Å². The third kappa shape index (κ3) is 4.70. The molecular formula is C20H17F3N4O3S2. The maximum atomic E-state index is 12.6. The van der Waals surface area contributed by atoms with Gasteiger partial charge in [0, 0.05) is 29.5 Å². The van der Waals surface area contributed by atoms with Crippen molar-refractivity contribution in [2.75, 3.05) is 28.0 Å². The molecule has 2 N–H and O–H groups in total. The molecule has 0 unspecified atom stereocenters. The molecule has 12 heteroatoms. The Hall–Kier alpha value is -3.12. The van der Waals surface area contributed by atoms with E-state index in [1.807, 2.05) is 0 Å². The standard InChI is InChI=1S/C20H17F3N4O3S2/c21-20(22,23)14-1-3-15(4-2-14)25-12-18(28)27-9-7-13-11-16(5-6-17(13)27)32(29,30)26-19-24-8-10-31-19/h1-6,8,10-11,25H,7,9,12H2,(H,24,26). The molecule has 3 aromatic rings. The number of halogens is 3. The molecule has 32 heavy (non-hydrogen) atoms. The first-order chi connectivity index (χ1) is 15.1. The fraction of sp³-hybridized carbons (Fsp3) is 0.200. The smallest absolute Gasteiger partial charge is 0.376 e. The van der Waals surface area contributed by atoms with Gasteiger partial charge in [-0.25, -0.2) is 13.4 Å². The van der Waals surface area contributed by atoms with Crippen LogP contribution in [0, 0.1) is 0 Å². The number of fused-ring (bicyclic) bond motifs is 1. The number of nitrogens with zero attached hydrogens (tertiary/aromatic N) is 2. The molecule has 0 aliphatic carbocycles. The summed E-state index contributed by atoms with van der Waals surface area (Å²) in [5.74, 6) is -0.278. The summed E-state index contributed by atoms with van der Waals surface area (Å²) in [6, 6.07) is 8.95. The molecule has 2 aromatic carbocycles.